The highest BCUT2D eigenvalue weighted by Crippen LogP contribution is 2.03. The van der Waals surface area contributed by atoms with E-state index in [1.807, 2.05) is 6.92 Å². The Morgan fingerprint density at radius 1 is 1.46 bits per heavy atom. The fraction of sp³-hybridized carbons (Fsp3) is 0.857. The first kappa shape index (κ1) is 12.1. The minimum Gasteiger partial charge on any atom is -0.464 e. The zero-order valence-electron chi connectivity index (χ0n) is 7.69. The number of hydrogen-bond acceptors (Lipinski definition) is 5. The largest absolute Gasteiger partial charge is 0.464 e. The Labute approximate surface area is 78.8 Å². The number of hydrogen-bond donors (Lipinski definition) is 0. The highest BCUT2D eigenvalue weighted by Gasteiger charge is 2.17. The van der Waals surface area contributed by atoms with Crippen molar-refractivity contribution in [1.29, 1.82) is 0 Å². The highest BCUT2D eigenvalue weighted by atomic mass is 32.2. The van der Waals surface area contributed by atoms with E-state index in [4.69, 9.17) is 0 Å². The molecule has 0 aromatic rings. The number of carbonyl (C=O) groups excluding carboxylic acids is 1. The molecule has 0 radical (unpaired) electrons. The van der Waals surface area contributed by atoms with Gasteiger partial charge >= 0.3 is 16.5 Å². The number of carbonyl (C=O) groups is 1. The summed E-state index contributed by atoms with van der Waals surface area (Å²) < 4.78 is 28.3. The van der Waals surface area contributed by atoms with Gasteiger partial charge in [-0.25, -0.2) is 4.79 Å². The van der Waals surface area contributed by atoms with Gasteiger partial charge in [0.2, 0.25) is 0 Å². The third-order valence-electron chi connectivity index (χ3n) is 1.33. The quantitative estimate of drug-likeness (QED) is 0.624. The average molecular weight is 207 g/mol. The van der Waals surface area contributed by atoms with E-state index in [-0.39, 0.29) is 6.61 Å². The molecule has 0 aromatic carbocycles. The molecular formula is C7H13NO4S. The van der Waals surface area contributed by atoms with Crippen LogP contribution in [0.4, 0.5) is 0 Å². The molecule has 1 atom stereocenters. The zero-order valence-corrected chi connectivity index (χ0v) is 8.50. The maximum absolute atomic E-state index is 11.1. The van der Waals surface area contributed by atoms with Gasteiger partial charge in [-0.3, -0.25) is 0 Å². The first-order valence-corrected chi connectivity index (χ1v) is 5.11. The lowest BCUT2D eigenvalue weighted by atomic mass is 10.2. The molecule has 0 heterocycles. The van der Waals surface area contributed by atoms with Crippen LogP contribution < -0.4 is 0 Å². The summed E-state index contributed by atoms with van der Waals surface area (Å²) in [6, 6.07) is -0.872. The molecule has 0 N–H and O–H groups in total. The van der Waals surface area contributed by atoms with Gasteiger partial charge in [0.1, 0.15) is 0 Å². The molecule has 0 aliphatic rings. The van der Waals surface area contributed by atoms with Gasteiger partial charge in [-0.1, -0.05) is 13.3 Å². The fourth-order valence-corrected chi connectivity index (χ4v) is 1.23. The van der Waals surface area contributed by atoms with Crippen LogP contribution in [0, 0.1) is 0 Å². The molecule has 6 heteroatoms. The summed E-state index contributed by atoms with van der Waals surface area (Å²) >= 11 is 0. The third-order valence-corrected chi connectivity index (χ3v) is 1.76. The minimum atomic E-state index is -2.55. The van der Waals surface area contributed by atoms with E-state index in [0.29, 0.717) is 12.8 Å². The highest BCUT2D eigenvalue weighted by molar-refractivity contribution is 7.61. The Morgan fingerprint density at radius 3 is 2.46 bits per heavy atom. The molecule has 0 fully saturated rings. The van der Waals surface area contributed by atoms with Crippen molar-refractivity contribution in [2.45, 2.75) is 32.7 Å². The molecule has 0 rings (SSSR count). The van der Waals surface area contributed by atoms with E-state index in [1.165, 1.54) is 0 Å². The molecule has 0 spiro atoms. The molecule has 0 aliphatic heterocycles. The molecule has 76 valence electrons. The normalized spacial score (nSPS) is 11.8. The van der Waals surface area contributed by atoms with Crippen LogP contribution in [0.25, 0.3) is 0 Å². The summed E-state index contributed by atoms with van der Waals surface area (Å²) in [7, 11) is -2.55. The van der Waals surface area contributed by atoms with Crippen molar-refractivity contribution in [3.8, 4) is 0 Å². The van der Waals surface area contributed by atoms with E-state index >= 15 is 0 Å². The Balaban J connectivity index is 4.41. The predicted octanol–water partition coefficient (Wildman–Crippen LogP) is 0.781. The van der Waals surface area contributed by atoms with Crippen LogP contribution >= 0.6 is 0 Å². The molecule has 0 unspecified atom stereocenters. The Hall–Kier alpha value is -0.910. The van der Waals surface area contributed by atoms with Crippen LogP contribution in [0.15, 0.2) is 4.36 Å². The van der Waals surface area contributed by atoms with Crippen LogP contribution in [-0.4, -0.2) is 27.0 Å². The molecular weight excluding hydrogens is 194 g/mol. The standard InChI is InChI=1S/C7H13NO4S/c1-3-5-6(8-13(10)11)7(9)12-4-2/h6H,3-5H2,1-2H3/t6-/m0/s1. The van der Waals surface area contributed by atoms with Crippen LogP contribution in [0.1, 0.15) is 26.7 Å². The number of nitrogens with zero attached hydrogens (tertiary/aromatic N) is 1. The number of esters is 1. The molecule has 0 aromatic heterocycles. The lowest BCUT2D eigenvalue weighted by molar-refractivity contribution is -0.144. The van der Waals surface area contributed by atoms with Gasteiger partial charge in [0, 0.05) is 0 Å². The number of rotatable bonds is 5. The van der Waals surface area contributed by atoms with Gasteiger partial charge in [0.05, 0.1) is 6.61 Å². The summed E-state index contributed by atoms with van der Waals surface area (Å²) in [6.07, 6.45) is 1.08. The molecule has 0 amide bonds. The van der Waals surface area contributed by atoms with Crippen molar-refractivity contribution in [3.63, 3.8) is 0 Å². The van der Waals surface area contributed by atoms with Crippen LogP contribution in [-0.2, 0) is 20.0 Å². The second-order valence-electron chi connectivity index (χ2n) is 2.38. The lowest BCUT2D eigenvalue weighted by Gasteiger charge is -2.06. The maximum atomic E-state index is 11.1. The van der Waals surface area contributed by atoms with Crippen molar-refractivity contribution < 1.29 is 17.9 Å². The van der Waals surface area contributed by atoms with E-state index in [9.17, 15) is 13.2 Å². The molecule has 0 aliphatic carbocycles. The second kappa shape index (κ2) is 6.59. The van der Waals surface area contributed by atoms with E-state index in [1.54, 1.807) is 6.92 Å². The number of ether oxygens (including phenoxy) is 1. The summed E-state index contributed by atoms with van der Waals surface area (Å²) in [5.41, 5.74) is 0. The van der Waals surface area contributed by atoms with Gasteiger partial charge in [0.25, 0.3) is 0 Å². The van der Waals surface area contributed by atoms with Crippen molar-refractivity contribution >= 4 is 16.5 Å². The first-order valence-electron chi connectivity index (χ1n) is 4.08. The summed E-state index contributed by atoms with van der Waals surface area (Å²) in [6.45, 7) is 3.74. The third kappa shape index (κ3) is 5.35. The van der Waals surface area contributed by atoms with E-state index in [2.05, 4.69) is 9.10 Å². The van der Waals surface area contributed by atoms with Gasteiger partial charge in [-0.2, -0.15) is 12.8 Å². The van der Waals surface area contributed by atoms with Gasteiger partial charge < -0.3 is 4.74 Å². The van der Waals surface area contributed by atoms with Crippen molar-refractivity contribution in [2.24, 2.45) is 4.36 Å². The zero-order chi connectivity index (χ0) is 10.3. The van der Waals surface area contributed by atoms with Crippen LogP contribution in [0.2, 0.25) is 0 Å². The Morgan fingerprint density at radius 2 is 2.08 bits per heavy atom. The van der Waals surface area contributed by atoms with Crippen molar-refractivity contribution in [2.75, 3.05) is 6.61 Å². The van der Waals surface area contributed by atoms with Crippen molar-refractivity contribution in [1.82, 2.24) is 0 Å². The van der Waals surface area contributed by atoms with Crippen LogP contribution in [0.5, 0.6) is 0 Å². The van der Waals surface area contributed by atoms with E-state index < -0.39 is 22.5 Å². The first-order chi connectivity index (χ1) is 6.11. The van der Waals surface area contributed by atoms with E-state index in [0.717, 1.165) is 0 Å². The molecule has 0 saturated heterocycles. The minimum absolute atomic E-state index is 0.236. The lowest BCUT2D eigenvalue weighted by Crippen LogP contribution is -2.21. The molecule has 13 heavy (non-hydrogen) atoms. The summed E-state index contributed by atoms with van der Waals surface area (Å²) in [4.78, 5) is 11.1. The monoisotopic (exact) mass is 207 g/mol. The predicted molar refractivity (Wildman–Crippen MR) is 46.7 cm³/mol. The maximum Gasteiger partial charge on any atom is 0.332 e. The second-order valence-corrected chi connectivity index (χ2v) is 3.02. The molecule has 0 saturated carbocycles. The van der Waals surface area contributed by atoms with Gasteiger partial charge in [-0.05, 0) is 13.3 Å². The summed E-state index contributed by atoms with van der Waals surface area (Å²) in [5, 5.41) is 0. The van der Waals surface area contributed by atoms with Gasteiger partial charge in [-0.15, -0.1) is 0 Å². The Bertz CT molecular complexity index is 275. The van der Waals surface area contributed by atoms with Crippen molar-refractivity contribution in [3.05, 3.63) is 0 Å². The Kier molecular flexibility index (Phi) is 6.13. The smallest absolute Gasteiger partial charge is 0.332 e. The van der Waals surface area contributed by atoms with Crippen LogP contribution in [0.3, 0.4) is 0 Å². The van der Waals surface area contributed by atoms with Gasteiger partial charge in [0.15, 0.2) is 6.04 Å². The SMILES string of the molecule is CCC[C@H](N=S(=O)=O)C(=O)OCC. The fourth-order valence-electron chi connectivity index (χ4n) is 0.829. The summed E-state index contributed by atoms with van der Waals surface area (Å²) in [5.74, 6) is -0.575. The molecule has 5 nitrogen and oxygen atoms in total. The topological polar surface area (TPSA) is 72.8 Å². The average Bonchev–Trinajstić information content (AvgIpc) is 2.03. The molecule has 0 bridgehead atoms.